The van der Waals surface area contributed by atoms with E-state index in [1.165, 1.54) is 0 Å². The molecule has 1 heterocycles. The summed E-state index contributed by atoms with van der Waals surface area (Å²) in [4.78, 5) is 13.0. The van der Waals surface area contributed by atoms with Gasteiger partial charge in [-0.3, -0.25) is 4.90 Å². The minimum Gasteiger partial charge on any atom is -0.482 e. The number of morpholine rings is 1. The lowest BCUT2D eigenvalue weighted by Gasteiger charge is -2.24. The Morgan fingerprint density at radius 3 is 2.21 bits per heavy atom. The molecule has 1 saturated heterocycles. The number of carboxylic acids is 1. The van der Waals surface area contributed by atoms with E-state index in [0.29, 0.717) is 18.0 Å². The minimum absolute atomic E-state index is 0.187. The molecule has 0 aliphatic carbocycles. The number of aryl methyl sites for hydroxylation is 1. The van der Waals surface area contributed by atoms with E-state index in [9.17, 15) is 4.79 Å². The average Bonchev–Trinajstić information content (AvgIpc) is 2.95. The molecule has 4 rings (SSSR count). The monoisotopic (exact) mass is 519 g/mol. The average molecular weight is 520 g/mol. The third-order valence-electron chi connectivity index (χ3n) is 5.74. The summed E-state index contributed by atoms with van der Waals surface area (Å²) in [6.45, 7) is 5.61. The van der Waals surface area contributed by atoms with Gasteiger partial charge in [0.15, 0.2) is 6.61 Å². The lowest BCUT2D eigenvalue weighted by molar-refractivity contribution is -0.139. The van der Waals surface area contributed by atoms with Gasteiger partial charge in [-0.15, -0.1) is 0 Å². The molecule has 0 radical (unpaired) electrons. The maximum Gasteiger partial charge on any atom is 0.341 e. The van der Waals surface area contributed by atoms with Gasteiger partial charge in [0.05, 0.1) is 19.8 Å². The molecule has 39 heavy (non-hydrogen) atoms. The van der Waals surface area contributed by atoms with E-state index in [1.54, 1.807) is 18.2 Å². The lowest BCUT2D eigenvalue weighted by atomic mass is 10.1. The van der Waals surface area contributed by atoms with E-state index in [-0.39, 0.29) is 13.2 Å². The second-order valence-electron chi connectivity index (χ2n) is 8.81. The molecule has 3 aromatic rings. The van der Waals surface area contributed by atoms with Gasteiger partial charge in [0, 0.05) is 35.3 Å². The SMILES string of the molecule is Cc1cc(OCC#Cc2cc(C#CCN3CCOCC3)cc(C#Cc3ccccc3)c2)ccc1OCC(=O)O. The van der Waals surface area contributed by atoms with Crippen molar-refractivity contribution in [2.75, 3.05) is 46.1 Å². The summed E-state index contributed by atoms with van der Waals surface area (Å²) in [6.07, 6.45) is 0. The number of benzene rings is 3. The minimum atomic E-state index is -1.02. The highest BCUT2D eigenvalue weighted by atomic mass is 16.5. The van der Waals surface area contributed by atoms with Crippen molar-refractivity contribution in [2.24, 2.45) is 0 Å². The Labute approximate surface area is 229 Å². The van der Waals surface area contributed by atoms with Crippen molar-refractivity contribution >= 4 is 5.97 Å². The summed E-state index contributed by atoms with van der Waals surface area (Å²) in [5.74, 6) is 19.3. The molecule has 0 saturated carbocycles. The fraction of sp³-hybridized carbons (Fsp3) is 0.242. The summed E-state index contributed by atoms with van der Waals surface area (Å²) < 4.78 is 16.4. The molecule has 1 fully saturated rings. The first-order valence-electron chi connectivity index (χ1n) is 12.6. The van der Waals surface area contributed by atoms with Crippen molar-refractivity contribution in [1.82, 2.24) is 4.90 Å². The quantitative estimate of drug-likeness (QED) is 0.497. The predicted molar refractivity (Wildman–Crippen MR) is 150 cm³/mol. The number of carbonyl (C=O) groups is 1. The number of hydrogen-bond acceptors (Lipinski definition) is 5. The first kappa shape index (κ1) is 27.4. The predicted octanol–water partition coefficient (Wildman–Crippen LogP) is 3.97. The molecule has 1 aliphatic heterocycles. The fourth-order valence-electron chi connectivity index (χ4n) is 3.79. The summed E-state index contributed by atoms with van der Waals surface area (Å²) >= 11 is 0. The Morgan fingerprint density at radius 2 is 1.51 bits per heavy atom. The molecule has 3 aromatic carbocycles. The van der Waals surface area contributed by atoms with Crippen molar-refractivity contribution in [3.63, 3.8) is 0 Å². The fourth-order valence-corrected chi connectivity index (χ4v) is 3.79. The highest BCUT2D eigenvalue weighted by Crippen LogP contribution is 2.23. The van der Waals surface area contributed by atoms with Crippen LogP contribution in [0.15, 0.2) is 66.7 Å². The van der Waals surface area contributed by atoms with Gasteiger partial charge < -0.3 is 19.3 Å². The highest BCUT2D eigenvalue weighted by Gasteiger charge is 2.08. The Bertz CT molecular complexity index is 1470. The van der Waals surface area contributed by atoms with Crippen LogP contribution in [0.5, 0.6) is 11.5 Å². The second-order valence-corrected chi connectivity index (χ2v) is 8.81. The molecule has 1 aliphatic rings. The molecule has 1 N–H and O–H groups in total. The second kappa shape index (κ2) is 14.3. The molecular weight excluding hydrogens is 490 g/mol. The van der Waals surface area contributed by atoms with Crippen molar-refractivity contribution < 1.29 is 24.1 Å². The third-order valence-corrected chi connectivity index (χ3v) is 5.74. The maximum absolute atomic E-state index is 10.7. The molecule has 196 valence electrons. The van der Waals surface area contributed by atoms with E-state index >= 15 is 0 Å². The van der Waals surface area contributed by atoms with Gasteiger partial charge in [0.25, 0.3) is 0 Å². The number of ether oxygens (including phenoxy) is 3. The van der Waals surface area contributed by atoms with Crippen LogP contribution in [0, 0.1) is 42.4 Å². The number of aliphatic carboxylic acids is 1. The highest BCUT2D eigenvalue weighted by molar-refractivity contribution is 5.68. The zero-order valence-corrected chi connectivity index (χ0v) is 21.8. The first-order valence-corrected chi connectivity index (χ1v) is 12.6. The van der Waals surface area contributed by atoms with Gasteiger partial charge in [0.1, 0.15) is 18.1 Å². The van der Waals surface area contributed by atoms with Gasteiger partial charge in [-0.05, 0) is 61.0 Å². The van der Waals surface area contributed by atoms with Crippen molar-refractivity contribution in [1.29, 1.82) is 0 Å². The Balaban J connectivity index is 1.46. The van der Waals surface area contributed by atoms with E-state index in [1.807, 2.05) is 55.5 Å². The van der Waals surface area contributed by atoms with Crippen LogP contribution in [0.3, 0.4) is 0 Å². The topological polar surface area (TPSA) is 68.2 Å². The first-order chi connectivity index (χ1) is 19.0. The maximum atomic E-state index is 10.7. The molecule has 6 heteroatoms. The van der Waals surface area contributed by atoms with E-state index in [0.717, 1.165) is 54.1 Å². The summed E-state index contributed by atoms with van der Waals surface area (Å²) in [6, 6.07) is 21.0. The number of nitrogens with zero attached hydrogens (tertiary/aromatic N) is 1. The van der Waals surface area contributed by atoms with Crippen LogP contribution in [0.4, 0.5) is 0 Å². The molecule has 0 bridgehead atoms. The molecule has 6 nitrogen and oxygen atoms in total. The van der Waals surface area contributed by atoms with Crippen LogP contribution >= 0.6 is 0 Å². The van der Waals surface area contributed by atoms with Crippen LogP contribution in [0.25, 0.3) is 0 Å². The molecule has 0 amide bonds. The molecule has 0 spiro atoms. The van der Waals surface area contributed by atoms with Crippen molar-refractivity contribution in [3.05, 3.63) is 94.5 Å². The van der Waals surface area contributed by atoms with Gasteiger partial charge in [-0.2, -0.15) is 0 Å². The van der Waals surface area contributed by atoms with Crippen LogP contribution in [-0.4, -0.2) is 62.0 Å². The van der Waals surface area contributed by atoms with Gasteiger partial charge in [-0.1, -0.05) is 53.7 Å². The van der Waals surface area contributed by atoms with Crippen LogP contribution < -0.4 is 9.47 Å². The van der Waals surface area contributed by atoms with E-state index in [2.05, 4.69) is 40.4 Å². The number of hydrogen-bond donors (Lipinski definition) is 1. The Kier molecular flexibility index (Phi) is 10.0. The molecule has 0 unspecified atom stereocenters. The third kappa shape index (κ3) is 9.29. The zero-order chi connectivity index (χ0) is 27.3. The largest absolute Gasteiger partial charge is 0.482 e. The molecular formula is C33H29NO5. The molecule has 0 aromatic heterocycles. The van der Waals surface area contributed by atoms with Gasteiger partial charge in [-0.25, -0.2) is 4.79 Å². The standard InChI is InChI=1S/C33H29NO5/c1-26-21-31(13-14-32(26)39-25-33(35)36)38-18-6-10-29-22-28(9-5-15-34-16-19-37-20-17-34)23-30(24-29)12-11-27-7-3-2-4-8-27/h2-4,7-8,13-14,21-24H,15-20,25H2,1H3,(H,35,36). The molecule has 0 atom stereocenters. The van der Waals surface area contributed by atoms with Crippen molar-refractivity contribution in [2.45, 2.75) is 6.92 Å². The van der Waals surface area contributed by atoms with E-state index < -0.39 is 5.97 Å². The van der Waals surface area contributed by atoms with Crippen LogP contribution in [-0.2, 0) is 9.53 Å². The van der Waals surface area contributed by atoms with Gasteiger partial charge >= 0.3 is 5.97 Å². The summed E-state index contributed by atoms with van der Waals surface area (Å²) in [7, 11) is 0. The Hall–Kier alpha value is -4.67. The zero-order valence-electron chi connectivity index (χ0n) is 21.8. The normalized spacial score (nSPS) is 12.5. The lowest BCUT2D eigenvalue weighted by Crippen LogP contribution is -2.36. The van der Waals surface area contributed by atoms with E-state index in [4.69, 9.17) is 19.3 Å². The van der Waals surface area contributed by atoms with Crippen LogP contribution in [0.2, 0.25) is 0 Å². The number of carboxylic acid groups (broad SMARTS) is 1. The van der Waals surface area contributed by atoms with Gasteiger partial charge in [0.2, 0.25) is 0 Å². The number of rotatable bonds is 6. The van der Waals surface area contributed by atoms with Crippen LogP contribution in [0.1, 0.15) is 27.8 Å². The summed E-state index contributed by atoms with van der Waals surface area (Å²) in [5.41, 5.74) is 4.24. The van der Waals surface area contributed by atoms with Crippen molar-refractivity contribution in [3.8, 4) is 47.0 Å². The Morgan fingerprint density at radius 1 is 0.846 bits per heavy atom. The smallest absolute Gasteiger partial charge is 0.341 e. The summed E-state index contributed by atoms with van der Waals surface area (Å²) in [5, 5.41) is 8.78.